The van der Waals surface area contributed by atoms with Gasteiger partial charge in [-0.3, -0.25) is 4.79 Å². The molecule has 0 aliphatic heterocycles. The number of aryl methyl sites for hydroxylation is 1. The summed E-state index contributed by atoms with van der Waals surface area (Å²) in [5.41, 5.74) is 1.32. The van der Waals surface area contributed by atoms with Gasteiger partial charge >= 0.3 is 6.61 Å². The summed E-state index contributed by atoms with van der Waals surface area (Å²) in [5.74, 6) is -0.123. The molecule has 4 nitrogen and oxygen atoms in total. The third-order valence-electron chi connectivity index (χ3n) is 2.81. The number of amides is 1. The van der Waals surface area contributed by atoms with E-state index in [0.717, 1.165) is 10.0 Å². The fourth-order valence-corrected chi connectivity index (χ4v) is 2.34. The molecule has 0 aliphatic carbocycles. The van der Waals surface area contributed by atoms with Gasteiger partial charge in [0.05, 0.1) is 0 Å². The molecule has 1 aromatic carbocycles. The molecule has 2 aromatic rings. The Hall–Kier alpha value is -1.89. The smallest absolute Gasteiger partial charge is 0.387 e. The van der Waals surface area contributed by atoms with E-state index in [1.807, 2.05) is 0 Å². The number of hydrogen-bond acceptors (Lipinski definition) is 2. The molecule has 1 heterocycles. The lowest BCUT2D eigenvalue weighted by Gasteiger charge is -2.08. The van der Waals surface area contributed by atoms with E-state index >= 15 is 0 Å². The zero-order chi connectivity index (χ0) is 15.4. The molecule has 7 heteroatoms. The van der Waals surface area contributed by atoms with Crippen molar-refractivity contribution in [3.63, 3.8) is 0 Å². The van der Waals surface area contributed by atoms with Crippen LogP contribution in [0.2, 0.25) is 0 Å². The number of benzene rings is 1. The molecule has 1 amide bonds. The molecule has 0 atom stereocenters. The molecule has 112 valence electrons. The van der Waals surface area contributed by atoms with Gasteiger partial charge in [-0.15, -0.1) is 0 Å². The highest BCUT2D eigenvalue weighted by Gasteiger charge is 2.10. The quantitative estimate of drug-likeness (QED) is 0.890. The van der Waals surface area contributed by atoms with Crippen LogP contribution < -0.4 is 10.1 Å². The summed E-state index contributed by atoms with van der Waals surface area (Å²) in [6, 6.07) is 7.84. The third-order valence-corrected chi connectivity index (χ3v) is 3.24. The van der Waals surface area contributed by atoms with Crippen LogP contribution in [0.4, 0.5) is 8.78 Å². The first-order chi connectivity index (χ1) is 9.95. The summed E-state index contributed by atoms with van der Waals surface area (Å²) in [6.45, 7) is -2.54. The van der Waals surface area contributed by atoms with E-state index in [9.17, 15) is 13.6 Å². The first-order valence-corrected chi connectivity index (χ1v) is 6.89. The first kappa shape index (κ1) is 15.5. The van der Waals surface area contributed by atoms with E-state index in [1.165, 1.54) is 12.1 Å². The Balaban J connectivity index is 1.93. The minimum Gasteiger partial charge on any atom is -0.435 e. The van der Waals surface area contributed by atoms with Crippen LogP contribution in [-0.4, -0.2) is 17.1 Å². The van der Waals surface area contributed by atoms with Crippen LogP contribution in [-0.2, 0) is 13.6 Å². The van der Waals surface area contributed by atoms with Crippen molar-refractivity contribution in [2.75, 3.05) is 0 Å². The molecule has 21 heavy (non-hydrogen) atoms. The van der Waals surface area contributed by atoms with E-state index in [-0.39, 0.29) is 11.7 Å². The number of hydrogen-bond donors (Lipinski definition) is 1. The molecule has 0 fully saturated rings. The summed E-state index contributed by atoms with van der Waals surface area (Å²) in [7, 11) is 1.77. The van der Waals surface area contributed by atoms with Gasteiger partial charge in [-0.1, -0.05) is 12.1 Å². The molecule has 0 radical (unpaired) electrons. The van der Waals surface area contributed by atoms with Crippen molar-refractivity contribution in [3.05, 3.63) is 52.3 Å². The van der Waals surface area contributed by atoms with Crippen LogP contribution in [0, 0.1) is 0 Å². The molecule has 0 unspecified atom stereocenters. The molecule has 0 spiro atoms. The van der Waals surface area contributed by atoms with Gasteiger partial charge in [0, 0.05) is 24.3 Å². The van der Waals surface area contributed by atoms with Crippen LogP contribution in [0.5, 0.6) is 5.75 Å². The van der Waals surface area contributed by atoms with Crippen LogP contribution in [0.15, 0.2) is 41.0 Å². The maximum absolute atomic E-state index is 12.0. The Morgan fingerprint density at radius 2 is 2.05 bits per heavy atom. The van der Waals surface area contributed by atoms with Crippen molar-refractivity contribution in [2.45, 2.75) is 13.2 Å². The second-order valence-corrected chi connectivity index (χ2v) is 5.28. The van der Waals surface area contributed by atoms with E-state index < -0.39 is 6.61 Å². The number of ether oxygens (including phenoxy) is 1. The van der Waals surface area contributed by atoms with Gasteiger partial charge in [-0.25, -0.2) is 0 Å². The molecular formula is C14H13BrF2N2O2. The number of halogens is 3. The number of carbonyl (C=O) groups excluding carboxylic acids is 1. The van der Waals surface area contributed by atoms with Crippen LogP contribution in [0.25, 0.3) is 0 Å². The van der Waals surface area contributed by atoms with Gasteiger partial charge in [0.25, 0.3) is 5.91 Å². The minimum absolute atomic E-state index is 0.0893. The number of rotatable bonds is 5. The zero-order valence-electron chi connectivity index (χ0n) is 11.1. The molecular weight excluding hydrogens is 346 g/mol. The second kappa shape index (κ2) is 6.71. The Bertz CT molecular complexity index is 626. The number of nitrogens with zero attached hydrogens (tertiary/aromatic N) is 1. The number of carbonyl (C=O) groups is 1. The van der Waals surface area contributed by atoms with Gasteiger partial charge in [0.15, 0.2) is 0 Å². The van der Waals surface area contributed by atoms with Crippen LogP contribution >= 0.6 is 15.9 Å². The van der Waals surface area contributed by atoms with Gasteiger partial charge < -0.3 is 14.6 Å². The Kier molecular flexibility index (Phi) is 4.95. The second-order valence-electron chi connectivity index (χ2n) is 4.36. The fourth-order valence-electron chi connectivity index (χ4n) is 1.81. The third kappa shape index (κ3) is 4.29. The summed E-state index contributed by atoms with van der Waals surface area (Å²) < 4.78 is 30.8. The van der Waals surface area contributed by atoms with Crippen molar-refractivity contribution in [2.24, 2.45) is 7.05 Å². The SMILES string of the molecule is Cn1cc(Br)cc1C(=O)NCc1ccc(OC(F)F)cc1. The lowest BCUT2D eigenvalue weighted by atomic mass is 10.2. The van der Waals surface area contributed by atoms with Crippen molar-refractivity contribution in [1.29, 1.82) is 0 Å². The highest BCUT2D eigenvalue weighted by atomic mass is 79.9. The van der Waals surface area contributed by atoms with E-state index in [1.54, 1.807) is 36.0 Å². The van der Waals surface area contributed by atoms with Crippen molar-refractivity contribution in [1.82, 2.24) is 9.88 Å². The van der Waals surface area contributed by atoms with E-state index in [4.69, 9.17) is 0 Å². The normalized spacial score (nSPS) is 10.7. The summed E-state index contributed by atoms with van der Waals surface area (Å²) >= 11 is 3.30. The Labute approximate surface area is 128 Å². The molecule has 2 rings (SSSR count). The zero-order valence-corrected chi connectivity index (χ0v) is 12.7. The number of aromatic nitrogens is 1. The molecule has 1 N–H and O–H groups in total. The lowest BCUT2D eigenvalue weighted by Crippen LogP contribution is -2.24. The number of alkyl halides is 2. The maximum Gasteiger partial charge on any atom is 0.387 e. The predicted molar refractivity (Wildman–Crippen MR) is 77.4 cm³/mol. The maximum atomic E-state index is 12.0. The summed E-state index contributed by atoms with van der Waals surface area (Å²) in [6.07, 6.45) is 1.78. The molecule has 1 aromatic heterocycles. The van der Waals surface area contributed by atoms with E-state index in [0.29, 0.717) is 12.2 Å². The topological polar surface area (TPSA) is 43.3 Å². The molecule has 0 saturated carbocycles. The molecule has 0 bridgehead atoms. The molecule has 0 saturated heterocycles. The Morgan fingerprint density at radius 3 is 2.57 bits per heavy atom. The van der Waals surface area contributed by atoms with Crippen LogP contribution in [0.3, 0.4) is 0 Å². The highest BCUT2D eigenvalue weighted by Crippen LogP contribution is 2.16. The van der Waals surface area contributed by atoms with Crippen molar-refractivity contribution >= 4 is 21.8 Å². The van der Waals surface area contributed by atoms with Crippen molar-refractivity contribution < 1.29 is 18.3 Å². The van der Waals surface area contributed by atoms with Gasteiger partial charge in [-0.2, -0.15) is 8.78 Å². The Morgan fingerprint density at radius 1 is 1.38 bits per heavy atom. The molecule has 0 aliphatic rings. The average molecular weight is 359 g/mol. The van der Waals surface area contributed by atoms with E-state index in [2.05, 4.69) is 26.0 Å². The van der Waals surface area contributed by atoms with Gasteiger partial charge in [-0.05, 0) is 39.7 Å². The minimum atomic E-state index is -2.84. The predicted octanol–water partition coefficient (Wildman–Crippen LogP) is 3.32. The fraction of sp³-hybridized carbons (Fsp3) is 0.214. The standard InChI is InChI=1S/C14H13BrF2N2O2/c1-19-8-10(15)6-12(19)13(20)18-7-9-2-4-11(5-3-9)21-14(16)17/h2-6,8,14H,7H2,1H3,(H,18,20). The largest absolute Gasteiger partial charge is 0.435 e. The van der Waals surface area contributed by atoms with Gasteiger partial charge in [0.1, 0.15) is 11.4 Å². The average Bonchev–Trinajstić information content (AvgIpc) is 2.76. The summed E-state index contributed by atoms with van der Waals surface area (Å²) in [5, 5.41) is 2.76. The van der Waals surface area contributed by atoms with Gasteiger partial charge in [0.2, 0.25) is 0 Å². The monoisotopic (exact) mass is 358 g/mol. The lowest BCUT2D eigenvalue weighted by molar-refractivity contribution is -0.0498. The van der Waals surface area contributed by atoms with Crippen LogP contribution in [0.1, 0.15) is 16.1 Å². The first-order valence-electron chi connectivity index (χ1n) is 6.09. The highest BCUT2D eigenvalue weighted by molar-refractivity contribution is 9.10. The summed E-state index contributed by atoms with van der Waals surface area (Å²) in [4.78, 5) is 12.0. The van der Waals surface area contributed by atoms with Crippen molar-refractivity contribution in [3.8, 4) is 5.75 Å². The number of nitrogens with one attached hydrogen (secondary N) is 1.